The lowest BCUT2D eigenvalue weighted by Crippen LogP contribution is -2.53. The number of hydrogen-bond donors (Lipinski definition) is 0. The predicted molar refractivity (Wildman–Crippen MR) is 97.4 cm³/mol. The molecule has 0 aliphatic heterocycles. The molecule has 150 valence electrons. The molecule has 4 rings (SSSR count). The van der Waals surface area contributed by atoms with E-state index in [0.29, 0.717) is 12.1 Å². The second kappa shape index (κ2) is 6.34. The summed E-state index contributed by atoms with van der Waals surface area (Å²) in [6.45, 7) is 1.90. The van der Waals surface area contributed by atoms with E-state index in [1.165, 1.54) is 36.5 Å². The van der Waals surface area contributed by atoms with Crippen molar-refractivity contribution in [2.45, 2.75) is 31.1 Å². The first kappa shape index (κ1) is 19.5. The van der Waals surface area contributed by atoms with Gasteiger partial charge in [-0.05, 0) is 52.4 Å². The highest BCUT2D eigenvalue weighted by atomic mass is 19.4. The van der Waals surface area contributed by atoms with Gasteiger partial charge in [0.05, 0.1) is 5.69 Å². The van der Waals surface area contributed by atoms with Crippen molar-refractivity contribution in [3.63, 3.8) is 0 Å². The summed E-state index contributed by atoms with van der Waals surface area (Å²) >= 11 is 0. The molecule has 0 atom stereocenters. The van der Waals surface area contributed by atoms with E-state index in [-0.39, 0.29) is 16.7 Å². The Morgan fingerprint density at radius 2 is 1.45 bits per heavy atom. The number of aryl methyl sites for hydroxylation is 1. The van der Waals surface area contributed by atoms with Crippen molar-refractivity contribution in [3.8, 4) is 22.4 Å². The molecule has 0 fully saturated rings. The second-order valence-corrected chi connectivity index (χ2v) is 6.95. The van der Waals surface area contributed by atoms with E-state index in [2.05, 4.69) is 4.98 Å². The van der Waals surface area contributed by atoms with E-state index in [1.807, 2.05) is 6.92 Å². The summed E-state index contributed by atoms with van der Waals surface area (Å²) in [4.78, 5) is 4.14. The van der Waals surface area contributed by atoms with E-state index in [9.17, 15) is 26.3 Å². The fraction of sp³-hybridized carbons (Fsp3) is 0.227. The number of nitrogens with zero attached hydrogens (tertiary/aromatic N) is 1. The van der Waals surface area contributed by atoms with Crippen molar-refractivity contribution < 1.29 is 26.3 Å². The molecule has 3 aromatic rings. The Morgan fingerprint density at radius 1 is 0.793 bits per heavy atom. The Kier molecular flexibility index (Phi) is 4.26. The Morgan fingerprint density at radius 3 is 2.10 bits per heavy atom. The first-order valence-electron chi connectivity index (χ1n) is 8.94. The summed E-state index contributed by atoms with van der Waals surface area (Å²) in [7, 11) is 0. The minimum atomic E-state index is -5.57. The third kappa shape index (κ3) is 2.67. The zero-order chi connectivity index (χ0) is 21.0. The van der Waals surface area contributed by atoms with Gasteiger partial charge in [-0.25, -0.2) is 0 Å². The molecule has 29 heavy (non-hydrogen) atoms. The predicted octanol–water partition coefficient (Wildman–Crippen LogP) is 6.70. The average Bonchev–Trinajstić information content (AvgIpc) is 2.98. The van der Waals surface area contributed by atoms with Gasteiger partial charge in [0.1, 0.15) is 0 Å². The number of hydrogen-bond acceptors (Lipinski definition) is 1. The van der Waals surface area contributed by atoms with Gasteiger partial charge in [0.15, 0.2) is 0 Å². The van der Waals surface area contributed by atoms with Crippen LogP contribution >= 0.6 is 0 Å². The third-order valence-electron chi connectivity index (χ3n) is 5.42. The molecular formula is C22H15F6N. The molecule has 7 heteroatoms. The van der Waals surface area contributed by atoms with Crippen molar-refractivity contribution in [1.29, 1.82) is 0 Å². The first-order chi connectivity index (χ1) is 13.6. The minimum Gasteiger partial charge on any atom is -0.256 e. The summed E-state index contributed by atoms with van der Waals surface area (Å²) in [6, 6.07) is 12.1. The minimum absolute atomic E-state index is 0.0565. The lowest BCUT2D eigenvalue weighted by molar-refractivity contribution is -0.287. The van der Waals surface area contributed by atoms with Gasteiger partial charge in [0, 0.05) is 11.8 Å². The molecule has 2 aromatic carbocycles. The van der Waals surface area contributed by atoms with Crippen molar-refractivity contribution >= 4 is 0 Å². The maximum absolute atomic E-state index is 14.2. The van der Waals surface area contributed by atoms with Gasteiger partial charge >= 0.3 is 12.4 Å². The molecule has 1 aliphatic carbocycles. The maximum atomic E-state index is 14.2. The molecule has 1 heterocycles. The fourth-order valence-electron chi connectivity index (χ4n) is 4.06. The van der Waals surface area contributed by atoms with Crippen LogP contribution in [-0.4, -0.2) is 17.3 Å². The van der Waals surface area contributed by atoms with E-state index in [1.54, 1.807) is 12.1 Å². The van der Waals surface area contributed by atoms with E-state index in [0.717, 1.165) is 17.7 Å². The monoisotopic (exact) mass is 407 g/mol. The SMILES string of the molecule is CCc1ccnc(-c2ccc3c(c2)C(C(F)(F)F)(C(F)(F)F)c2ccccc2-3)c1. The van der Waals surface area contributed by atoms with Crippen LogP contribution in [0.15, 0.2) is 60.8 Å². The smallest absolute Gasteiger partial charge is 0.256 e. The lowest BCUT2D eigenvalue weighted by Gasteiger charge is -2.36. The van der Waals surface area contributed by atoms with E-state index in [4.69, 9.17) is 0 Å². The molecular weight excluding hydrogens is 392 g/mol. The summed E-state index contributed by atoms with van der Waals surface area (Å²) in [5.74, 6) is 0. The van der Waals surface area contributed by atoms with Crippen LogP contribution in [0.4, 0.5) is 26.3 Å². The zero-order valence-electron chi connectivity index (χ0n) is 15.2. The molecule has 0 bridgehead atoms. The molecule has 0 spiro atoms. The molecule has 0 amide bonds. The van der Waals surface area contributed by atoms with Gasteiger partial charge in [-0.15, -0.1) is 0 Å². The van der Waals surface area contributed by atoms with Crippen molar-refractivity contribution in [2.75, 3.05) is 0 Å². The van der Waals surface area contributed by atoms with Crippen LogP contribution in [0, 0.1) is 0 Å². The number of aromatic nitrogens is 1. The molecule has 0 saturated carbocycles. The van der Waals surface area contributed by atoms with E-state index >= 15 is 0 Å². The summed E-state index contributed by atoms with van der Waals surface area (Å²) in [5, 5.41) is 0. The third-order valence-corrected chi connectivity index (χ3v) is 5.42. The number of halogens is 6. The highest BCUT2D eigenvalue weighted by Gasteiger charge is 2.75. The molecule has 1 nitrogen and oxygen atoms in total. The Balaban J connectivity index is 2.06. The van der Waals surface area contributed by atoms with Gasteiger partial charge in [0.25, 0.3) is 0 Å². The number of fused-ring (bicyclic) bond motifs is 3. The highest BCUT2D eigenvalue weighted by Crippen LogP contribution is 2.63. The number of benzene rings is 2. The molecule has 0 saturated heterocycles. The number of pyridine rings is 1. The van der Waals surface area contributed by atoms with Crippen molar-refractivity contribution in [3.05, 3.63) is 77.5 Å². The van der Waals surface area contributed by atoms with Gasteiger partial charge in [-0.2, -0.15) is 26.3 Å². The van der Waals surface area contributed by atoms with Crippen molar-refractivity contribution in [2.24, 2.45) is 0 Å². The fourth-order valence-corrected chi connectivity index (χ4v) is 4.06. The van der Waals surface area contributed by atoms with Gasteiger partial charge in [0.2, 0.25) is 5.41 Å². The van der Waals surface area contributed by atoms with Crippen LogP contribution in [0.25, 0.3) is 22.4 Å². The van der Waals surface area contributed by atoms with Gasteiger partial charge in [-0.1, -0.05) is 43.3 Å². The van der Waals surface area contributed by atoms with Crippen LogP contribution in [0.1, 0.15) is 23.6 Å². The lowest BCUT2D eigenvalue weighted by atomic mass is 9.76. The van der Waals surface area contributed by atoms with Crippen molar-refractivity contribution in [1.82, 2.24) is 4.98 Å². The quantitative estimate of drug-likeness (QED) is 0.431. The molecule has 0 N–H and O–H groups in total. The van der Waals surface area contributed by atoms with Gasteiger partial charge < -0.3 is 0 Å². The Hall–Kier alpha value is -2.83. The van der Waals surface area contributed by atoms with E-state index < -0.39 is 28.9 Å². The van der Waals surface area contributed by atoms with Crippen LogP contribution in [-0.2, 0) is 11.8 Å². The second-order valence-electron chi connectivity index (χ2n) is 6.95. The molecule has 0 radical (unpaired) electrons. The first-order valence-corrected chi connectivity index (χ1v) is 8.94. The topological polar surface area (TPSA) is 12.9 Å². The number of rotatable bonds is 2. The Bertz CT molecular complexity index is 1070. The maximum Gasteiger partial charge on any atom is 0.411 e. The normalized spacial score (nSPS) is 15.1. The van der Waals surface area contributed by atoms with Crippen LogP contribution in [0.3, 0.4) is 0 Å². The number of alkyl halides is 6. The summed E-state index contributed by atoms with van der Waals surface area (Å²) in [6.07, 6.45) is -8.97. The van der Waals surface area contributed by atoms with Crippen LogP contribution < -0.4 is 0 Å². The standard InChI is InChI=1S/C22H15F6N/c1-2-13-9-10-29-19(11-13)14-7-8-16-15-5-3-4-6-17(15)20(18(16)12-14,21(23,24)25)22(26,27)28/h3-12H,2H2,1H3. The molecule has 0 unspecified atom stereocenters. The largest absolute Gasteiger partial charge is 0.411 e. The molecule has 1 aromatic heterocycles. The van der Waals surface area contributed by atoms with Gasteiger partial charge in [-0.3, -0.25) is 4.98 Å². The average molecular weight is 407 g/mol. The molecule has 1 aliphatic rings. The summed E-state index contributed by atoms with van der Waals surface area (Å²) in [5.41, 5.74) is -4.36. The Labute approximate surface area is 163 Å². The highest BCUT2D eigenvalue weighted by molar-refractivity contribution is 5.84. The zero-order valence-corrected chi connectivity index (χ0v) is 15.2. The summed E-state index contributed by atoms with van der Waals surface area (Å²) < 4.78 is 85.1. The van der Waals surface area contributed by atoms with Crippen LogP contribution in [0.5, 0.6) is 0 Å². The van der Waals surface area contributed by atoms with Crippen LogP contribution in [0.2, 0.25) is 0 Å².